The van der Waals surface area contributed by atoms with Gasteiger partial charge in [0.25, 0.3) is 0 Å². The molecule has 0 aliphatic carbocycles. The average molecular weight is 202 g/mol. The van der Waals surface area contributed by atoms with Gasteiger partial charge >= 0.3 is 0 Å². The Balaban J connectivity index is 2.00. The molecule has 1 heterocycles. The van der Waals surface area contributed by atoms with Crippen molar-refractivity contribution in [2.24, 2.45) is 0 Å². The number of hydrogen-bond donors (Lipinski definition) is 1. The molecule has 2 nitrogen and oxygen atoms in total. The summed E-state index contributed by atoms with van der Waals surface area (Å²) >= 11 is 0. The van der Waals surface area contributed by atoms with Crippen LogP contribution in [0.5, 0.6) is 0 Å². The van der Waals surface area contributed by atoms with Gasteiger partial charge in [0.1, 0.15) is 0 Å². The van der Waals surface area contributed by atoms with Crippen molar-refractivity contribution < 1.29 is 0 Å². The lowest BCUT2D eigenvalue weighted by Gasteiger charge is -2.34. The molecule has 2 rings (SSSR count). The molecule has 1 aromatic carbocycles. The smallest absolute Gasteiger partial charge is 0.0404 e. The average Bonchev–Trinajstić information content (AvgIpc) is 2.31. The third-order valence-corrected chi connectivity index (χ3v) is 2.90. The molecule has 1 fully saturated rings. The van der Waals surface area contributed by atoms with Crippen LogP contribution in [-0.4, -0.2) is 30.6 Å². The highest BCUT2D eigenvalue weighted by molar-refractivity contribution is 5.15. The van der Waals surface area contributed by atoms with E-state index in [1.54, 1.807) is 0 Å². The Bertz CT molecular complexity index is 308. The van der Waals surface area contributed by atoms with E-state index in [1.165, 1.54) is 5.56 Å². The van der Waals surface area contributed by atoms with Gasteiger partial charge in [0.05, 0.1) is 0 Å². The standard InChI is InChI=1S/C13H18N2/c1-2-13-10-14-8-9-15(13)11-12-6-4-3-5-7-12/h2-7,13-14H,1,8-11H2/t13-/m0/s1. The fourth-order valence-electron chi connectivity index (χ4n) is 2.01. The monoisotopic (exact) mass is 202 g/mol. The Kier molecular flexibility index (Phi) is 3.54. The van der Waals surface area contributed by atoms with Crippen LogP contribution in [0.3, 0.4) is 0 Å². The summed E-state index contributed by atoms with van der Waals surface area (Å²) in [5.74, 6) is 0. The van der Waals surface area contributed by atoms with E-state index < -0.39 is 0 Å². The molecule has 80 valence electrons. The van der Waals surface area contributed by atoms with E-state index in [4.69, 9.17) is 0 Å². The highest BCUT2D eigenvalue weighted by Gasteiger charge is 2.18. The van der Waals surface area contributed by atoms with Crippen LogP contribution in [-0.2, 0) is 6.54 Å². The maximum Gasteiger partial charge on any atom is 0.0404 e. The normalized spacial score (nSPS) is 22.5. The van der Waals surface area contributed by atoms with Gasteiger partial charge in [-0.05, 0) is 5.56 Å². The third kappa shape index (κ3) is 2.67. The Morgan fingerprint density at radius 3 is 2.93 bits per heavy atom. The van der Waals surface area contributed by atoms with E-state index in [1.807, 2.05) is 6.08 Å². The van der Waals surface area contributed by atoms with Gasteiger partial charge in [0.2, 0.25) is 0 Å². The van der Waals surface area contributed by atoms with Gasteiger partial charge in [-0.1, -0.05) is 36.4 Å². The van der Waals surface area contributed by atoms with Gasteiger partial charge in [0.15, 0.2) is 0 Å². The zero-order valence-corrected chi connectivity index (χ0v) is 9.02. The van der Waals surface area contributed by atoms with Crippen LogP contribution in [0.4, 0.5) is 0 Å². The molecule has 1 aliphatic heterocycles. The van der Waals surface area contributed by atoms with Crippen molar-refractivity contribution in [2.75, 3.05) is 19.6 Å². The highest BCUT2D eigenvalue weighted by atomic mass is 15.2. The second-order valence-corrected chi connectivity index (χ2v) is 3.96. The Hall–Kier alpha value is -1.12. The third-order valence-electron chi connectivity index (χ3n) is 2.90. The summed E-state index contributed by atoms with van der Waals surface area (Å²) < 4.78 is 0. The molecule has 0 saturated carbocycles. The molecule has 1 N–H and O–H groups in total. The predicted molar refractivity (Wildman–Crippen MR) is 63.7 cm³/mol. The minimum absolute atomic E-state index is 0.471. The summed E-state index contributed by atoms with van der Waals surface area (Å²) in [6.45, 7) is 8.13. The van der Waals surface area contributed by atoms with E-state index >= 15 is 0 Å². The lowest BCUT2D eigenvalue weighted by Crippen LogP contribution is -2.49. The van der Waals surface area contributed by atoms with E-state index in [-0.39, 0.29) is 0 Å². The molecule has 0 unspecified atom stereocenters. The van der Waals surface area contributed by atoms with Crippen LogP contribution < -0.4 is 5.32 Å². The molecular formula is C13H18N2. The number of hydrogen-bond acceptors (Lipinski definition) is 2. The first-order chi connectivity index (χ1) is 7.40. The zero-order chi connectivity index (χ0) is 10.5. The van der Waals surface area contributed by atoms with Gasteiger partial charge in [-0.25, -0.2) is 0 Å². The van der Waals surface area contributed by atoms with E-state index in [9.17, 15) is 0 Å². The lowest BCUT2D eigenvalue weighted by atomic mass is 10.1. The number of rotatable bonds is 3. The second kappa shape index (κ2) is 5.10. The number of benzene rings is 1. The summed E-state index contributed by atoms with van der Waals surface area (Å²) in [7, 11) is 0. The Labute approximate surface area is 91.6 Å². The number of nitrogens with zero attached hydrogens (tertiary/aromatic N) is 1. The summed E-state index contributed by atoms with van der Waals surface area (Å²) in [5.41, 5.74) is 1.38. The SMILES string of the molecule is C=C[C@H]1CNCCN1Cc1ccccc1. The molecule has 1 atom stereocenters. The predicted octanol–water partition coefficient (Wildman–Crippen LogP) is 1.65. The van der Waals surface area contributed by atoms with E-state index in [0.29, 0.717) is 6.04 Å². The van der Waals surface area contributed by atoms with Crippen LogP contribution in [0.2, 0.25) is 0 Å². The summed E-state index contributed by atoms with van der Waals surface area (Å²) in [6, 6.07) is 11.1. The first-order valence-electron chi connectivity index (χ1n) is 5.51. The van der Waals surface area contributed by atoms with Gasteiger partial charge in [-0.15, -0.1) is 6.58 Å². The minimum Gasteiger partial charge on any atom is -0.314 e. The van der Waals surface area contributed by atoms with Crippen molar-refractivity contribution in [1.82, 2.24) is 10.2 Å². The molecule has 0 radical (unpaired) electrons. The largest absolute Gasteiger partial charge is 0.314 e. The van der Waals surface area contributed by atoms with Gasteiger partial charge in [0, 0.05) is 32.2 Å². The second-order valence-electron chi connectivity index (χ2n) is 3.96. The molecule has 0 bridgehead atoms. The Morgan fingerprint density at radius 1 is 1.40 bits per heavy atom. The van der Waals surface area contributed by atoms with E-state index in [0.717, 1.165) is 26.2 Å². The van der Waals surface area contributed by atoms with Gasteiger partial charge in [-0.2, -0.15) is 0 Å². The van der Waals surface area contributed by atoms with E-state index in [2.05, 4.69) is 47.1 Å². The molecule has 15 heavy (non-hydrogen) atoms. The van der Waals surface area contributed by atoms with Crippen molar-refractivity contribution in [3.63, 3.8) is 0 Å². The fraction of sp³-hybridized carbons (Fsp3) is 0.385. The van der Waals surface area contributed by atoms with Gasteiger partial charge in [-0.3, -0.25) is 4.90 Å². The molecule has 2 heteroatoms. The van der Waals surface area contributed by atoms with Crippen molar-refractivity contribution in [1.29, 1.82) is 0 Å². The molecule has 0 spiro atoms. The highest BCUT2D eigenvalue weighted by Crippen LogP contribution is 2.10. The maximum atomic E-state index is 3.89. The van der Waals surface area contributed by atoms with Gasteiger partial charge < -0.3 is 5.32 Å². The maximum absolute atomic E-state index is 3.89. The summed E-state index contributed by atoms with van der Waals surface area (Å²) in [5, 5.41) is 3.39. The van der Waals surface area contributed by atoms with Crippen molar-refractivity contribution >= 4 is 0 Å². The minimum atomic E-state index is 0.471. The van der Waals surface area contributed by atoms with Crippen LogP contribution in [0.25, 0.3) is 0 Å². The molecule has 1 aliphatic rings. The van der Waals surface area contributed by atoms with Crippen LogP contribution in [0.1, 0.15) is 5.56 Å². The number of piperazine rings is 1. The van der Waals surface area contributed by atoms with Crippen molar-refractivity contribution in [2.45, 2.75) is 12.6 Å². The molecule has 0 amide bonds. The first-order valence-corrected chi connectivity index (χ1v) is 5.51. The molecule has 1 aromatic rings. The molecular weight excluding hydrogens is 184 g/mol. The molecule has 1 saturated heterocycles. The van der Waals surface area contributed by atoms with Crippen LogP contribution >= 0.6 is 0 Å². The lowest BCUT2D eigenvalue weighted by molar-refractivity contribution is 0.185. The Morgan fingerprint density at radius 2 is 2.20 bits per heavy atom. The van der Waals surface area contributed by atoms with Crippen LogP contribution in [0.15, 0.2) is 43.0 Å². The first kappa shape index (κ1) is 10.4. The van der Waals surface area contributed by atoms with Crippen molar-refractivity contribution in [3.05, 3.63) is 48.6 Å². The fourth-order valence-corrected chi connectivity index (χ4v) is 2.01. The molecule has 0 aromatic heterocycles. The summed E-state index contributed by atoms with van der Waals surface area (Å²) in [6.07, 6.45) is 2.04. The summed E-state index contributed by atoms with van der Waals surface area (Å²) in [4.78, 5) is 2.47. The van der Waals surface area contributed by atoms with Crippen LogP contribution in [0, 0.1) is 0 Å². The number of nitrogens with one attached hydrogen (secondary N) is 1. The topological polar surface area (TPSA) is 15.3 Å². The van der Waals surface area contributed by atoms with Crippen molar-refractivity contribution in [3.8, 4) is 0 Å². The zero-order valence-electron chi connectivity index (χ0n) is 9.02. The quantitative estimate of drug-likeness (QED) is 0.750.